The van der Waals surface area contributed by atoms with E-state index in [1.54, 1.807) is 0 Å². The standard InChI is InChI=1S/C20H34O2/c1-17(2,3)15(21)13-9-19(7)11-14(12-20(19,8)10-13)16(22)18(4,5)6/h13-14H,9-12H2,1-8H3. The maximum atomic E-state index is 12.7. The number of hydrogen-bond donors (Lipinski definition) is 0. The summed E-state index contributed by atoms with van der Waals surface area (Å²) in [6, 6.07) is 0. The van der Waals surface area contributed by atoms with Crippen molar-refractivity contribution in [3.05, 3.63) is 0 Å². The van der Waals surface area contributed by atoms with Gasteiger partial charge in [-0.2, -0.15) is 0 Å². The van der Waals surface area contributed by atoms with E-state index in [4.69, 9.17) is 0 Å². The van der Waals surface area contributed by atoms with E-state index in [9.17, 15) is 9.59 Å². The van der Waals surface area contributed by atoms with Gasteiger partial charge in [0.15, 0.2) is 0 Å². The van der Waals surface area contributed by atoms with Crippen LogP contribution in [0.15, 0.2) is 0 Å². The first-order valence-electron chi connectivity index (χ1n) is 8.78. The normalized spacial score (nSPS) is 38.9. The molecule has 2 rings (SSSR count). The van der Waals surface area contributed by atoms with Crippen molar-refractivity contribution in [1.82, 2.24) is 0 Å². The van der Waals surface area contributed by atoms with Crippen LogP contribution in [0.4, 0.5) is 0 Å². The van der Waals surface area contributed by atoms with Gasteiger partial charge in [0.25, 0.3) is 0 Å². The smallest absolute Gasteiger partial charge is 0.141 e. The third-order valence-corrected chi connectivity index (χ3v) is 6.46. The molecule has 2 heteroatoms. The van der Waals surface area contributed by atoms with Crippen molar-refractivity contribution < 1.29 is 9.59 Å². The van der Waals surface area contributed by atoms with Gasteiger partial charge in [0.1, 0.15) is 11.6 Å². The van der Waals surface area contributed by atoms with Gasteiger partial charge >= 0.3 is 0 Å². The van der Waals surface area contributed by atoms with Gasteiger partial charge in [-0.1, -0.05) is 55.4 Å². The fourth-order valence-corrected chi connectivity index (χ4v) is 5.07. The quantitative estimate of drug-likeness (QED) is 0.715. The van der Waals surface area contributed by atoms with Crippen molar-refractivity contribution in [3.63, 3.8) is 0 Å². The molecular weight excluding hydrogens is 272 g/mol. The maximum absolute atomic E-state index is 12.7. The fraction of sp³-hybridized carbons (Fsp3) is 0.900. The van der Waals surface area contributed by atoms with E-state index in [1.807, 2.05) is 41.5 Å². The molecule has 0 heterocycles. The van der Waals surface area contributed by atoms with Gasteiger partial charge < -0.3 is 0 Å². The third-order valence-electron chi connectivity index (χ3n) is 6.46. The highest BCUT2D eigenvalue weighted by Gasteiger charge is 2.61. The van der Waals surface area contributed by atoms with Crippen LogP contribution in [0.1, 0.15) is 81.1 Å². The Morgan fingerprint density at radius 1 is 0.682 bits per heavy atom. The highest BCUT2D eigenvalue weighted by molar-refractivity contribution is 5.88. The molecule has 2 aliphatic rings. The first kappa shape index (κ1) is 17.7. The first-order chi connectivity index (χ1) is 9.70. The zero-order valence-corrected chi connectivity index (χ0v) is 15.8. The Morgan fingerprint density at radius 3 is 1.09 bits per heavy atom. The molecule has 0 aliphatic heterocycles. The zero-order chi connectivity index (χ0) is 17.1. The predicted octanol–water partition coefficient (Wildman–Crippen LogP) is 5.05. The maximum Gasteiger partial charge on any atom is 0.141 e. The van der Waals surface area contributed by atoms with Gasteiger partial charge in [-0.3, -0.25) is 9.59 Å². The molecule has 0 unspecified atom stereocenters. The van der Waals surface area contributed by atoms with E-state index in [0.717, 1.165) is 25.7 Å². The largest absolute Gasteiger partial charge is 0.299 e. The van der Waals surface area contributed by atoms with E-state index >= 15 is 0 Å². The summed E-state index contributed by atoms with van der Waals surface area (Å²) in [5.74, 6) is 1.17. The Labute approximate surface area is 136 Å². The first-order valence-corrected chi connectivity index (χ1v) is 8.78. The highest BCUT2D eigenvalue weighted by atomic mass is 16.1. The Bertz CT molecular complexity index is 429. The van der Waals surface area contributed by atoms with Gasteiger partial charge in [0.2, 0.25) is 0 Å². The lowest BCUT2D eigenvalue weighted by Crippen LogP contribution is -2.30. The average molecular weight is 306 g/mol. The Hall–Kier alpha value is -0.660. The molecule has 0 amide bonds. The summed E-state index contributed by atoms with van der Waals surface area (Å²) >= 11 is 0. The third kappa shape index (κ3) is 2.78. The average Bonchev–Trinajstić information content (AvgIpc) is 2.69. The molecule has 2 saturated carbocycles. The number of rotatable bonds is 2. The second-order valence-corrected chi connectivity index (χ2v) is 10.6. The van der Waals surface area contributed by atoms with E-state index in [1.165, 1.54) is 0 Å². The molecule has 126 valence electrons. The van der Waals surface area contributed by atoms with Crippen molar-refractivity contribution in [2.45, 2.75) is 81.1 Å². The van der Waals surface area contributed by atoms with Crippen LogP contribution in [-0.4, -0.2) is 11.6 Å². The minimum Gasteiger partial charge on any atom is -0.299 e. The van der Waals surface area contributed by atoms with Crippen LogP contribution in [0.25, 0.3) is 0 Å². The number of carbonyl (C=O) groups excluding carboxylic acids is 2. The Morgan fingerprint density at radius 2 is 0.909 bits per heavy atom. The highest BCUT2D eigenvalue weighted by Crippen LogP contribution is 2.67. The molecule has 0 aromatic heterocycles. The summed E-state index contributed by atoms with van der Waals surface area (Å²) in [7, 11) is 0. The summed E-state index contributed by atoms with van der Waals surface area (Å²) in [6.07, 6.45) is 3.86. The molecule has 0 atom stereocenters. The van der Waals surface area contributed by atoms with Gasteiger partial charge in [-0.05, 0) is 36.5 Å². The SMILES string of the molecule is CC(C)(C)C(=O)C1CC2(C)CC(C(=O)C(C)(C)C)CC2(C)C1. The summed E-state index contributed by atoms with van der Waals surface area (Å²) in [6.45, 7) is 16.8. The van der Waals surface area contributed by atoms with Crippen LogP contribution in [0, 0.1) is 33.5 Å². The Balaban J connectivity index is 2.18. The summed E-state index contributed by atoms with van der Waals surface area (Å²) < 4.78 is 0. The van der Waals surface area contributed by atoms with Crippen LogP contribution < -0.4 is 0 Å². The molecule has 0 aromatic rings. The second kappa shape index (κ2) is 4.92. The monoisotopic (exact) mass is 306 g/mol. The number of carbonyl (C=O) groups is 2. The van der Waals surface area contributed by atoms with Crippen LogP contribution in [-0.2, 0) is 9.59 Å². The number of ketones is 2. The minimum absolute atomic E-state index is 0.143. The van der Waals surface area contributed by atoms with Gasteiger partial charge in [-0.15, -0.1) is 0 Å². The van der Waals surface area contributed by atoms with Crippen molar-refractivity contribution >= 4 is 11.6 Å². The number of Topliss-reactive ketones (excluding diaryl/α,β-unsaturated/α-hetero) is 2. The Kier molecular flexibility index (Phi) is 3.95. The second-order valence-electron chi connectivity index (χ2n) is 10.6. The van der Waals surface area contributed by atoms with E-state index in [2.05, 4.69) is 13.8 Å². The molecule has 0 bridgehead atoms. The molecule has 2 nitrogen and oxygen atoms in total. The van der Waals surface area contributed by atoms with Crippen molar-refractivity contribution in [1.29, 1.82) is 0 Å². The van der Waals surface area contributed by atoms with Crippen LogP contribution in [0.3, 0.4) is 0 Å². The topological polar surface area (TPSA) is 34.1 Å². The molecule has 22 heavy (non-hydrogen) atoms. The molecule has 0 aromatic carbocycles. The van der Waals surface area contributed by atoms with Crippen LogP contribution in [0.5, 0.6) is 0 Å². The minimum atomic E-state index is -0.253. The summed E-state index contributed by atoms with van der Waals surface area (Å²) in [4.78, 5) is 25.4. The molecule has 2 fully saturated rings. The number of hydrogen-bond acceptors (Lipinski definition) is 2. The van der Waals surface area contributed by atoms with E-state index in [-0.39, 0.29) is 33.5 Å². The van der Waals surface area contributed by atoms with Gasteiger partial charge in [0.05, 0.1) is 0 Å². The molecule has 0 radical (unpaired) electrons. The van der Waals surface area contributed by atoms with E-state index in [0.29, 0.717) is 11.6 Å². The number of fused-ring (bicyclic) bond motifs is 1. The van der Waals surface area contributed by atoms with Crippen molar-refractivity contribution in [2.75, 3.05) is 0 Å². The van der Waals surface area contributed by atoms with E-state index < -0.39 is 0 Å². The summed E-state index contributed by atoms with van der Waals surface area (Å²) in [5.41, 5.74) is -0.221. The van der Waals surface area contributed by atoms with Crippen molar-refractivity contribution in [3.8, 4) is 0 Å². The lowest BCUT2D eigenvalue weighted by Gasteiger charge is -2.33. The lowest BCUT2D eigenvalue weighted by atomic mass is 9.71. The van der Waals surface area contributed by atoms with Gasteiger partial charge in [0, 0.05) is 22.7 Å². The molecule has 2 aliphatic carbocycles. The predicted molar refractivity (Wildman–Crippen MR) is 90.6 cm³/mol. The fourth-order valence-electron chi connectivity index (χ4n) is 5.07. The molecular formula is C20H34O2. The zero-order valence-electron chi connectivity index (χ0n) is 15.8. The summed E-state index contributed by atoms with van der Waals surface area (Å²) in [5, 5.41) is 0. The van der Waals surface area contributed by atoms with Gasteiger partial charge in [-0.25, -0.2) is 0 Å². The van der Waals surface area contributed by atoms with Crippen LogP contribution in [0.2, 0.25) is 0 Å². The van der Waals surface area contributed by atoms with Crippen LogP contribution >= 0.6 is 0 Å². The molecule has 0 spiro atoms. The molecule has 0 saturated heterocycles. The molecule has 0 N–H and O–H groups in total. The van der Waals surface area contributed by atoms with Crippen molar-refractivity contribution in [2.24, 2.45) is 33.5 Å². The lowest BCUT2D eigenvalue weighted by molar-refractivity contribution is -0.131.